The molecule has 26 heavy (non-hydrogen) atoms. The average molecular weight is 371 g/mol. The molecule has 2 heterocycles. The summed E-state index contributed by atoms with van der Waals surface area (Å²) in [6.07, 6.45) is 1.62. The number of hydrogen-bond acceptors (Lipinski definition) is 4. The second kappa shape index (κ2) is 7.61. The van der Waals surface area contributed by atoms with Gasteiger partial charge in [0.2, 0.25) is 5.91 Å². The maximum atomic E-state index is 13.7. The SMILES string of the molecule is Cc1sc(=O)n(CC(=O)NC(c2cccc(F)c2)c2ccccn2)c1C. The third-order valence-electron chi connectivity index (χ3n) is 4.15. The number of nitrogens with one attached hydrogen (secondary N) is 1. The van der Waals surface area contributed by atoms with Crippen LogP contribution in [0.25, 0.3) is 0 Å². The molecule has 0 fully saturated rings. The van der Waals surface area contributed by atoms with Crippen LogP contribution in [0.5, 0.6) is 0 Å². The molecule has 2 aromatic heterocycles. The molecule has 134 valence electrons. The van der Waals surface area contributed by atoms with Gasteiger partial charge in [0.15, 0.2) is 0 Å². The summed E-state index contributed by atoms with van der Waals surface area (Å²) >= 11 is 1.12. The molecule has 1 atom stereocenters. The highest BCUT2D eigenvalue weighted by Gasteiger charge is 2.20. The van der Waals surface area contributed by atoms with E-state index in [1.807, 2.05) is 13.8 Å². The number of halogens is 1. The Hall–Kier alpha value is -2.80. The van der Waals surface area contributed by atoms with Crippen molar-refractivity contribution in [1.82, 2.24) is 14.9 Å². The Morgan fingerprint density at radius 3 is 2.69 bits per heavy atom. The number of nitrogens with zero attached hydrogens (tertiary/aromatic N) is 2. The summed E-state index contributed by atoms with van der Waals surface area (Å²) in [5.74, 6) is -0.730. The summed E-state index contributed by atoms with van der Waals surface area (Å²) in [6, 6.07) is 10.8. The fraction of sp³-hybridized carbons (Fsp3) is 0.211. The maximum Gasteiger partial charge on any atom is 0.308 e. The topological polar surface area (TPSA) is 64.0 Å². The van der Waals surface area contributed by atoms with Crippen molar-refractivity contribution in [2.24, 2.45) is 0 Å². The number of aryl methyl sites for hydroxylation is 1. The summed E-state index contributed by atoms with van der Waals surface area (Å²) in [7, 11) is 0. The van der Waals surface area contributed by atoms with Crippen molar-refractivity contribution in [2.45, 2.75) is 26.4 Å². The molecule has 0 bridgehead atoms. The first kappa shape index (κ1) is 18.0. The second-order valence-corrected chi connectivity index (χ2v) is 7.07. The smallest absolute Gasteiger partial charge is 0.308 e. The lowest BCUT2D eigenvalue weighted by Gasteiger charge is -2.19. The molecule has 7 heteroatoms. The normalized spacial score (nSPS) is 12.0. The molecule has 3 rings (SSSR count). The number of thiazole rings is 1. The Morgan fingerprint density at radius 1 is 1.27 bits per heavy atom. The molecule has 1 N–H and O–H groups in total. The summed E-state index contributed by atoms with van der Waals surface area (Å²) in [4.78, 5) is 29.6. The Labute approximate surface area is 154 Å². The number of pyridine rings is 1. The van der Waals surface area contributed by atoms with Crippen molar-refractivity contribution in [3.8, 4) is 0 Å². The van der Waals surface area contributed by atoms with Gasteiger partial charge in [-0.15, -0.1) is 0 Å². The Bertz CT molecular complexity index is 982. The van der Waals surface area contributed by atoms with Crippen LogP contribution in [0.4, 0.5) is 4.39 Å². The first-order chi connectivity index (χ1) is 12.5. The molecular formula is C19H18FN3O2S. The van der Waals surface area contributed by atoms with E-state index in [1.54, 1.807) is 36.5 Å². The predicted octanol–water partition coefficient (Wildman–Crippen LogP) is 2.97. The summed E-state index contributed by atoms with van der Waals surface area (Å²) < 4.78 is 15.1. The fourth-order valence-electron chi connectivity index (χ4n) is 2.68. The van der Waals surface area contributed by atoms with Crippen LogP contribution < -0.4 is 10.2 Å². The van der Waals surface area contributed by atoms with E-state index in [0.29, 0.717) is 11.3 Å². The zero-order valence-corrected chi connectivity index (χ0v) is 15.2. The number of benzene rings is 1. The van der Waals surface area contributed by atoms with Crippen molar-refractivity contribution in [3.05, 3.63) is 86.0 Å². The molecule has 5 nitrogen and oxygen atoms in total. The summed E-state index contributed by atoms with van der Waals surface area (Å²) in [5, 5.41) is 2.87. The fourth-order valence-corrected chi connectivity index (χ4v) is 3.51. The number of aromatic nitrogens is 2. The predicted molar refractivity (Wildman–Crippen MR) is 98.7 cm³/mol. The van der Waals surface area contributed by atoms with Gasteiger partial charge < -0.3 is 5.32 Å². The lowest BCUT2D eigenvalue weighted by atomic mass is 10.0. The highest BCUT2D eigenvalue weighted by Crippen LogP contribution is 2.21. The lowest BCUT2D eigenvalue weighted by molar-refractivity contribution is -0.122. The molecule has 0 saturated carbocycles. The van der Waals surface area contributed by atoms with Gasteiger partial charge in [0.25, 0.3) is 0 Å². The van der Waals surface area contributed by atoms with Crippen LogP contribution in [0, 0.1) is 19.7 Å². The van der Waals surface area contributed by atoms with Crippen molar-refractivity contribution >= 4 is 17.2 Å². The molecule has 0 spiro atoms. The van der Waals surface area contributed by atoms with E-state index in [1.165, 1.54) is 16.7 Å². The number of rotatable bonds is 5. The zero-order valence-electron chi connectivity index (χ0n) is 14.4. The zero-order chi connectivity index (χ0) is 18.7. The van der Waals surface area contributed by atoms with Crippen LogP contribution in [0.1, 0.15) is 27.9 Å². The van der Waals surface area contributed by atoms with Gasteiger partial charge in [0, 0.05) is 16.8 Å². The van der Waals surface area contributed by atoms with E-state index in [4.69, 9.17) is 0 Å². The lowest BCUT2D eigenvalue weighted by Crippen LogP contribution is -2.34. The highest BCUT2D eigenvalue weighted by atomic mass is 32.1. The number of carbonyl (C=O) groups excluding carboxylic acids is 1. The van der Waals surface area contributed by atoms with Gasteiger partial charge in [0.05, 0.1) is 11.7 Å². The number of hydrogen-bond donors (Lipinski definition) is 1. The summed E-state index contributed by atoms with van der Waals surface area (Å²) in [6.45, 7) is 3.57. The van der Waals surface area contributed by atoms with E-state index in [0.717, 1.165) is 21.9 Å². The van der Waals surface area contributed by atoms with Gasteiger partial charge in [-0.2, -0.15) is 0 Å². The van der Waals surface area contributed by atoms with Crippen LogP contribution in [0.2, 0.25) is 0 Å². The first-order valence-corrected chi connectivity index (χ1v) is 8.90. The van der Waals surface area contributed by atoms with Gasteiger partial charge in [-0.1, -0.05) is 29.5 Å². The van der Waals surface area contributed by atoms with E-state index >= 15 is 0 Å². The van der Waals surface area contributed by atoms with E-state index < -0.39 is 11.9 Å². The van der Waals surface area contributed by atoms with Crippen molar-refractivity contribution in [1.29, 1.82) is 0 Å². The van der Waals surface area contributed by atoms with Crippen LogP contribution in [0.3, 0.4) is 0 Å². The Kier molecular flexibility index (Phi) is 5.27. The van der Waals surface area contributed by atoms with Crippen LogP contribution in [-0.2, 0) is 11.3 Å². The van der Waals surface area contributed by atoms with Gasteiger partial charge >= 0.3 is 4.87 Å². The van der Waals surface area contributed by atoms with E-state index in [9.17, 15) is 14.0 Å². The van der Waals surface area contributed by atoms with Gasteiger partial charge in [-0.05, 0) is 43.7 Å². The Morgan fingerprint density at radius 2 is 2.08 bits per heavy atom. The van der Waals surface area contributed by atoms with Crippen LogP contribution in [0.15, 0.2) is 53.5 Å². The van der Waals surface area contributed by atoms with Crippen LogP contribution >= 0.6 is 11.3 Å². The van der Waals surface area contributed by atoms with Crippen molar-refractivity contribution in [3.63, 3.8) is 0 Å². The minimum atomic E-state index is -0.602. The average Bonchev–Trinajstić information content (AvgIpc) is 2.86. The molecule has 1 amide bonds. The van der Waals surface area contributed by atoms with Crippen molar-refractivity contribution < 1.29 is 9.18 Å². The largest absolute Gasteiger partial charge is 0.342 e. The van der Waals surface area contributed by atoms with Gasteiger partial charge in [-0.3, -0.25) is 19.1 Å². The molecule has 3 aromatic rings. The monoisotopic (exact) mass is 371 g/mol. The van der Waals surface area contributed by atoms with E-state index in [-0.39, 0.29) is 17.3 Å². The quantitative estimate of drug-likeness (QED) is 0.750. The van der Waals surface area contributed by atoms with E-state index in [2.05, 4.69) is 10.3 Å². The number of carbonyl (C=O) groups is 1. The van der Waals surface area contributed by atoms with Crippen molar-refractivity contribution in [2.75, 3.05) is 0 Å². The maximum absolute atomic E-state index is 13.7. The standard InChI is InChI=1S/C19H18FN3O2S/c1-12-13(2)26-19(25)23(12)11-17(24)22-18(16-8-3-4-9-21-16)14-6-5-7-15(20)10-14/h3-10,18H,11H2,1-2H3,(H,22,24). The second-order valence-electron chi connectivity index (χ2n) is 5.91. The number of amides is 1. The molecule has 1 aromatic carbocycles. The molecule has 0 radical (unpaired) electrons. The van der Waals surface area contributed by atoms with Gasteiger partial charge in [0.1, 0.15) is 12.4 Å². The summed E-state index contributed by atoms with van der Waals surface area (Å²) in [5.41, 5.74) is 1.95. The molecule has 0 aliphatic carbocycles. The molecule has 0 aliphatic rings. The van der Waals surface area contributed by atoms with Crippen LogP contribution in [-0.4, -0.2) is 15.5 Å². The first-order valence-electron chi connectivity index (χ1n) is 8.08. The third kappa shape index (κ3) is 3.88. The molecule has 0 saturated heterocycles. The molecular weight excluding hydrogens is 353 g/mol. The Balaban J connectivity index is 1.88. The minimum Gasteiger partial charge on any atom is -0.342 e. The highest BCUT2D eigenvalue weighted by molar-refractivity contribution is 7.09. The van der Waals surface area contributed by atoms with Gasteiger partial charge in [-0.25, -0.2) is 4.39 Å². The third-order valence-corrected chi connectivity index (χ3v) is 5.14. The molecule has 0 aliphatic heterocycles. The minimum absolute atomic E-state index is 0.0896. The molecule has 1 unspecified atom stereocenters.